The van der Waals surface area contributed by atoms with Crippen LogP contribution in [0.1, 0.15) is 326 Å². The second-order valence-electron chi connectivity index (χ2n) is 20.3. The Morgan fingerprint density at radius 3 is 0.818 bits per heavy atom. The van der Waals surface area contributed by atoms with Gasteiger partial charge in [0.25, 0.3) is 0 Å². The summed E-state index contributed by atoms with van der Waals surface area (Å²) in [5.74, 6) is -3.93. The number of unbranched alkanes of at least 4 members (excludes halogenated alkanes) is 34. The van der Waals surface area contributed by atoms with Gasteiger partial charge in [0, 0.05) is 11.1 Å². The minimum Gasteiger partial charge on any atom is -0.545 e. The Kier molecular flexibility index (Phi) is 64.1. The molecule has 2 rings (SSSR count). The van der Waals surface area contributed by atoms with E-state index < -0.39 is 23.9 Å². The summed E-state index contributed by atoms with van der Waals surface area (Å²) in [6.07, 6.45) is 59.7. The molecule has 0 fully saturated rings. The van der Waals surface area contributed by atoms with Crippen molar-refractivity contribution in [1.82, 2.24) is 0 Å². The molecule has 0 saturated heterocycles. The van der Waals surface area contributed by atoms with Gasteiger partial charge in [-0.15, -0.1) is 0 Å². The van der Waals surface area contributed by atoms with Gasteiger partial charge in [0.2, 0.25) is 0 Å². The Labute approximate surface area is 490 Å². The monoisotopic (exact) mass is 1180 g/mol. The number of benzene rings is 2. The summed E-state index contributed by atoms with van der Waals surface area (Å²) >= 11 is 0. The molecule has 77 heavy (non-hydrogen) atoms. The molecular weight excluding hydrogens is 1060 g/mol. The van der Waals surface area contributed by atoms with Gasteiger partial charge in [-0.2, -0.15) is 0 Å². The number of carbonyl (C=O) groups excluding carboxylic acids is 4. The van der Waals surface area contributed by atoms with E-state index in [1.165, 1.54) is 217 Å². The first-order valence-electron chi connectivity index (χ1n) is 31.0. The van der Waals surface area contributed by atoms with E-state index in [0.717, 1.165) is 64.2 Å². The van der Waals surface area contributed by atoms with Crippen molar-refractivity contribution in [1.29, 1.82) is 0 Å². The fourth-order valence-corrected chi connectivity index (χ4v) is 8.42. The normalized spacial score (nSPS) is 10.7. The molecule has 4 radical (unpaired) electrons. The van der Waals surface area contributed by atoms with Crippen molar-refractivity contribution < 1.29 is 38.9 Å². The topological polar surface area (TPSA) is 133 Å². The smallest absolute Gasteiger partial charge is 0.545 e. The van der Waals surface area contributed by atoms with Crippen molar-refractivity contribution in [2.24, 2.45) is 0 Å². The van der Waals surface area contributed by atoms with Gasteiger partial charge in [0.1, 0.15) is 0 Å². The van der Waals surface area contributed by atoms with E-state index in [9.17, 15) is 29.4 Å². The zero-order valence-corrected chi connectivity index (χ0v) is 52.7. The van der Waals surface area contributed by atoms with Crippen molar-refractivity contribution in [3.05, 3.63) is 109 Å². The van der Waals surface area contributed by atoms with Crippen LogP contribution in [0.15, 0.2) is 72.8 Å². The van der Waals surface area contributed by atoms with Crippen LogP contribution >= 0.6 is 0 Å². The molecule has 0 saturated carbocycles. The van der Waals surface area contributed by atoms with Crippen LogP contribution in [-0.2, 0) is 9.47 Å². The molecule has 0 N–H and O–H groups in total. The van der Waals surface area contributed by atoms with Crippen molar-refractivity contribution in [3.8, 4) is 0 Å². The van der Waals surface area contributed by atoms with Gasteiger partial charge in [-0.05, 0) is 89.2 Å². The van der Waals surface area contributed by atoms with Gasteiger partial charge in [-0.1, -0.05) is 282 Å². The van der Waals surface area contributed by atoms with Crippen LogP contribution < -0.4 is 10.2 Å². The molecule has 0 spiro atoms. The number of ether oxygens (including phenoxy) is 2. The molecule has 2 aromatic carbocycles. The number of aromatic carboxylic acids is 2. The van der Waals surface area contributed by atoms with Gasteiger partial charge in [-0.3, -0.25) is 0 Å². The first kappa shape index (κ1) is 77.8. The van der Waals surface area contributed by atoms with Gasteiger partial charge < -0.3 is 29.3 Å². The quantitative estimate of drug-likeness (QED) is 0.0277. The van der Waals surface area contributed by atoms with Gasteiger partial charge >= 0.3 is 35.8 Å². The van der Waals surface area contributed by atoms with E-state index in [1.807, 2.05) is 0 Å². The van der Waals surface area contributed by atoms with E-state index in [1.54, 1.807) is 24.3 Å². The van der Waals surface area contributed by atoms with Gasteiger partial charge in [0.05, 0.1) is 36.3 Å². The SMILES string of the molecule is CCCCCCCCCCC/C=C/CCCCCOC(=O)c1ccccc1C(=O)[O-].CCCCCCCCCCC/C=C/CCCCCOC(=O)c1ccccc1C(=O)[O-].[CH2]CCCCCCC.[CH2]CCCCCCC.[Sn+2]. The number of hydrogen-bond donors (Lipinski definition) is 0. The molecule has 0 unspecified atom stereocenters. The third-order valence-corrected chi connectivity index (χ3v) is 13.2. The third-order valence-electron chi connectivity index (χ3n) is 13.2. The Morgan fingerprint density at radius 1 is 0.351 bits per heavy atom. The standard InChI is InChI=1S/2C26H40O4.2C8H17.Sn/c2*1-2-3-4-5-6-7-8-9-10-11-12-13-14-15-16-19-22-30-26(29)24-21-18-17-20-23(24)25(27)28;2*1-3-5-7-8-6-4-2;/h2*12-13,17-18,20-21H,2-11,14-16,19,22H2,1H3,(H,27,28);2*1,3-8H2,2H3;/q;;;;+2/p-2/b2*13-12+;;;. The molecule has 436 valence electrons. The minimum atomic E-state index is -1.36. The molecule has 0 aromatic heterocycles. The predicted molar refractivity (Wildman–Crippen MR) is 324 cm³/mol. The number of allylic oxidation sites excluding steroid dienone is 4. The number of hydrogen-bond acceptors (Lipinski definition) is 8. The molecule has 9 heteroatoms. The van der Waals surface area contributed by atoms with Crippen LogP contribution in [-0.4, -0.2) is 61.0 Å². The fraction of sp³-hybridized carbons (Fsp3) is 0.676. The molecular formula is C68H112O8Sn. The van der Waals surface area contributed by atoms with Gasteiger partial charge in [-0.25, -0.2) is 9.59 Å². The average Bonchev–Trinajstić information content (AvgIpc) is 3.43. The number of carbonyl (C=O) groups is 4. The summed E-state index contributed by atoms with van der Waals surface area (Å²) in [7, 11) is 0. The molecule has 0 aliphatic rings. The van der Waals surface area contributed by atoms with E-state index in [0.29, 0.717) is 13.2 Å². The Morgan fingerprint density at radius 2 is 0.571 bits per heavy atom. The van der Waals surface area contributed by atoms with Crippen molar-refractivity contribution in [3.63, 3.8) is 0 Å². The molecule has 0 amide bonds. The Balaban J connectivity index is -0.00000109. The third kappa shape index (κ3) is 53.0. The molecule has 0 heterocycles. The first-order chi connectivity index (χ1) is 37.2. The second kappa shape index (κ2) is 63.4. The Hall–Kier alpha value is -3.40. The fourth-order valence-electron chi connectivity index (χ4n) is 8.42. The van der Waals surface area contributed by atoms with Crippen LogP contribution in [0.2, 0.25) is 0 Å². The summed E-state index contributed by atoms with van der Waals surface area (Å²) in [6.45, 7) is 17.2. The number of carboxylic acids is 2. The number of carboxylic acid groups (broad SMARTS) is 2. The minimum absolute atomic E-state index is 0. The van der Waals surface area contributed by atoms with E-state index in [4.69, 9.17) is 9.47 Å². The molecule has 8 nitrogen and oxygen atoms in total. The van der Waals surface area contributed by atoms with E-state index in [2.05, 4.69) is 65.8 Å². The number of rotatable bonds is 46. The van der Waals surface area contributed by atoms with E-state index >= 15 is 0 Å². The first-order valence-corrected chi connectivity index (χ1v) is 31.0. The summed E-state index contributed by atoms with van der Waals surface area (Å²) in [5, 5.41) is 22.1. The summed E-state index contributed by atoms with van der Waals surface area (Å²) in [6, 6.07) is 12.0. The average molecular weight is 1180 g/mol. The summed E-state index contributed by atoms with van der Waals surface area (Å²) in [5.41, 5.74) is -0.145. The molecule has 2 aromatic rings. The van der Waals surface area contributed by atoms with Crippen molar-refractivity contribution in [2.75, 3.05) is 13.2 Å². The maximum atomic E-state index is 12.0. The predicted octanol–water partition coefficient (Wildman–Crippen LogP) is 18.5. The van der Waals surface area contributed by atoms with Crippen LogP contribution in [0.3, 0.4) is 0 Å². The maximum Gasteiger partial charge on any atom is 2.00 e. The van der Waals surface area contributed by atoms with Crippen molar-refractivity contribution in [2.45, 2.75) is 285 Å². The van der Waals surface area contributed by atoms with Crippen LogP contribution in [0.5, 0.6) is 0 Å². The summed E-state index contributed by atoms with van der Waals surface area (Å²) in [4.78, 5) is 46.1. The van der Waals surface area contributed by atoms with Crippen molar-refractivity contribution >= 4 is 47.8 Å². The van der Waals surface area contributed by atoms with E-state index in [-0.39, 0.29) is 46.2 Å². The molecule has 0 aliphatic carbocycles. The maximum absolute atomic E-state index is 12.0. The Bertz CT molecular complexity index is 1540. The molecule has 0 bridgehead atoms. The van der Waals surface area contributed by atoms with Gasteiger partial charge in [0.15, 0.2) is 0 Å². The summed E-state index contributed by atoms with van der Waals surface area (Å²) < 4.78 is 10.4. The number of esters is 2. The van der Waals surface area contributed by atoms with Crippen LogP contribution in [0.25, 0.3) is 0 Å². The zero-order valence-electron chi connectivity index (χ0n) is 49.8. The second-order valence-corrected chi connectivity index (χ2v) is 20.3. The largest absolute Gasteiger partial charge is 2.00 e. The van der Waals surface area contributed by atoms with Crippen LogP contribution in [0, 0.1) is 13.8 Å². The zero-order chi connectivity index (χ0) is 56.2. The van der Waals surface area contributed by atoms with Crippen LogP contribution in [0.4, 0.5) is 0 Å². The molecule has 0 aliphatic heterocycles. The molecule has 0 atom stereocenters.